The van der Waals surface area contributed by atoms with Gasteiger partial charge in [0.05, 0.1) is 12.3 Å². The van der Waals surface area contributed by atoms with Gasteiger partial charge >= 0.3 is 0 Å². The number of nitrogens with zero attached hydrogens (tertiary/aromatic N) is 4. The van der Waals surface area contributed by atoms with E-state index in [-0.39, 0.29) is 18.2 Å². The van der Waals surface area contributed by atoms with Gasteiger partial charge in [-0.05, 0) is 45.8 Å². The van der Waals surface area contributed by atoms with Gasteiger partial charge in [0, 0.05) is 5.57 Å². The van der Waals surface area contributed by atoms with Gasteiger partial charge in [0.25, 0.3) is 0 Å². The molecule has 3 aromatic rings. The molecular weight excluding hydrogens is 302 g/mol. The minimum absolute atomic E-state index is 0.352. The Balaban J connectivity index is 2.24. The molecule has 7 heteroatoms. The highest BCUT2D eigenvalue weighted by Crippen LogP contribution is 2.29. The van der Waals surface area contributed by atoms with Crippen LogP contribution in [0.4, 0.5) is 8.78 Å². The van der Waals surface area contributed by atoms with Crippen LogP contribution in [0.15, 0.2) is 54.9 Å². The van der Waals surface area contributed by atoms with E-state index in [0.29, 0.717) is 22.4 Å². The van der Waals surface area contributed by atoms with Crippen molar-refractivity contribution < 1.29 is 13.9 Å². The van der Waals surface area contributed by atoms with Crippen molar-refractivity contribution in [3.8, 4) is 0 Å². The van der Waals surface area contributed by atoms with Crippen LogP contribution in [0.3, 0.4) is 0 Å². The van der Waals surface area contributed by atoms with Crippen LogP contribution in [0.1, 0.15) is 11.1 Å². The minimum Gasteiger partial charge on any atom is -0.390 e. The molecule has 0 unspecified atom stereocenters. The van der Waals surface area contributed by atoms with E-state index in [2.05, 4.69) is 15.5 Å². The van der Waals surface area contributed by atoms with E-state index in [9.17, 15) is 13.9 Å². The highest BCUT2D eigenvalue weighted by molar-refractivity contribution is 5.93. The van der Waals surface area contributed by atoms with Crippen molar-refractivity contribution in [1.82, 2.24) is 20.2 Å². The maximum Gasteiger partial charge on any atom is 0.143 e. The molecule has 0 amide bonds. The number of hydrogen-bond donors (Lipinski definition) is 1. The topological polar surface area (TPSA) is 63.8 Å². The van der Waals surface area contributed by atoms with Crippen molar-refractivity contribution in [2.24, 2.45) is 0 Å². The molecule has 1 heterocycles. The SMILES string of the molecule is OCC(=C(c1ccc(F)cc1)c1ccc(F)cc1)n1cnnn1. The Kier molecular flexibility index (Phi) is 4.20. The lowest BCUT2D eigenvalue weighted by molar-refractivity contribution is 0.342. The summed E-state index contributed by atoms with van der Waals surface area (Å²) >= 11 is 0. The van der Waals surface area contributed by atoms with Gasteiger partial charge in [-0.2, -0.15) is 0 Å². The Labute approximate surface area is 130 Å². The summed E-state index contributed by atoms with van der Waals surface area (Å²) in [5.74, 6) is -0.750. The van der Waals surface area contributed by atoms with Crippen LogP contribution in [0.25, 0.3) is 11.3 Å². The van der Waals surface area contributed by atoms with Gasteiger partial charge in [-0.25, -0.2) is 13.5 Å². The number of hydrogen-bond acceptors (Lipinski definition) is 4. The van der Waals surface area contributed by atoms with E-state index < -0.39 is 0 Å². The standard InChI is InChI=1S/C16H12F2N4O/c17-13-5-1-11(2-6-13)16(12-3-7-14(18)8-4-12)15(9-23)22-10-19-20-21-22/h1-8,10,23H,9H2. The fourth-order valence-corrected chi connectivity index (χ4v) is 2.28. The van der Waals surface area contributed by atoms with Gasteiger partial charge in [0.1, 0.15) is 18.0 Å². The molecule has 116 valence electrons. The third-order valence-electron chi connectivity index (χ3n) is 3.33. The van der Waals surface area contributed by atoms with E-state index in [4.69, 9.17) is 0 Å². The molecule has 0 saturated heterocycles. The number of benzene rings is 2. The normalized spacial score (nSPS) is 10.6. The number of aliphatic hydroxyl groups is 1. The largest absolute Gasteiger partial charge is 0.390 e. The molecule has 0 bridgehead atoms. The lowest BCUT2D eigenvalue weighted by atomic mass is 9.96. The fourth-order valence-electron chi connectivity index (χ4n) is 2.28. The van der Waals surface area contributed by atoms with E-state index in [1.165, 1.54) is 35.3 Å². The summed E-state index contributed by atoms with van der Waals surface area (Å²) in [5.41, 5.74) is 2.28. The van der Waals surface area contributed by atoms with Gasteiger partial charge in [-0.15, -0.1) is 5.10 Å². The monoisotopic (exact) mass is 314 g/mol. The van der Waals surface area contributed by atoms with Crippen molar-refractivity contribution in [3.63, 3.8) is 0 Å². The predicted octanol–water partition coefficient (Wildman–Crippen LogP) is 2.36. The van der Waals surface area contributed by atoms with Gasteiger partial charge in [-0.1, -0.05) is 24.3 Å². The molecule has 0 saturated carbocycles. The quantitative estimate of drug-likeness (QED) is 0.803. The molecule has 1 N–H and O–H groups in total. The van der Waals surface area contributed by atoms with E-state index in [1.807, 2.05) is 0 Å². The highest BCUT2D eigenvalue weighted by atomic mass is 19.1. The molecule has 2 aromatic carbocycles. The number of tetrazole rings is 1. The molecular formula is C16H12F2N4O. The molecule has 3 rings (SSSR count). The van der Waals surface area contributed by atoms with E-state index in [0.717, 1.165) is 0 Å². The molecule has 5 nitrogen and oxygen atoms in total. The summed E-state index contributed by atoms with van der Waals surface area (Å²) in [6.07, 6.45) is 1.35. The van der Waals surface area contributed by atoms with Crippen molar-refractivity contribution in [1.29, 1.82) is 0 Å². The Bertz CT molecular complexity index is 765. The molecule has 0 fully saturated rings. The average molecular weight is 314 g/mol. The van der Waals surface area contributed by atoms with Crippen LogP contribution in [-0.4, -0.2) is 31.9 Å². The smallest absolute Gasteiger partial charge is 0.143 e. The first-order chi connectivity index (χ1) is 11.2. The summed E-state index contributed by atoms with van der Waals surface area (Å²) in [7, 11) is 0. The average Bonchev–Trinajstić information content (AvgIpc) is 3.09. The summed E-state index contributed by atoms with van der Waals surface area (Å²) < 4.78 is 27.7. The lowest BCUT2D eigenvalue weighted by Gasteiger charge is -2.14. The first-order valence-electron chi connectivity index (χ1n) is 6.78. The van der Waals surface area contributed by atoms with E-state index in [1.54, 1.807) is 24.3 Å². The van der Waals surface area contributed by atoms with Crippen molar-refractivity contribution in [2.45, 2.75) is 0 Å². The van der Waals surface area contributed by atoms with Gasteiger partial charge < -0.3 is 5.11 Å². The molecule has 0 aliphatic rings. The zero-order chi connectivity index (χ0) is 16.2. The summed E-state index contributed by atoms with van der Waals surface area (Å²) in [5, 5.41) is 20.7. The van der Waals surface area contributed by atoms with Gasteiger partial charge in [0.15, 0.2) is 0 Å². The van der Waals surface area contributed by atoms with Gasteiger partial charge in [0.2, 0.25) is 0 Å². The van der Waals surface area contributed by atoms with Gasteiger partial charge in [-0.3, -0.25) is 0 Å². The molecule has 0 aliphatic carbocycles. The molecule has 1 aromatic heterocycles. The number of rotatable bonds is 4. The van der Waals surface area contributed by atoms with Crippen molar-refractivity contribution >= 4 is 11.3 Å². The summed E-state index contributed by atoms with van der Waals surface area (Å²) in [4.78, 5) is 0. The maximum absolute atomic E-state index is 13.2. The zero-order valence-corrected chi connectivity index (χ0v) is 11.9. The lowest BCUT2D eigenvalue weighted by Crippen LogP contribution is -2.07. The van der Waals surface area contributed by atoms with E-state index >= 15 is 0 Å². The third-order valence-corrected chi connectivity index (χ3v) is 3.33. The minimum atomic E-state index is -0.375. The highest BCUT2D eigenvalue weighted by Gasteiger charge is 2.15. The molecule has 0 radical (unpaired) electrons. The summed E-state index contributed by atoms with van der Waals surface area (Å²) in [6, 6.07) is 11.6. The number of aliphatic hydroxyl groups excluding tert-OH is 1. The second-order valence-corrected chi connectivity index (χ2v) is 4.75. The Hall–Kier alpha value is -2.93. The number of aromatic nitrogens is 4. The van der Waals surface area contributed by atoms with Crippen LogP contribution in [-0.2, 0) is 0 Å². The van der Waals surface area contributed by atoms with Crippen molar-refractivity contribution in [2.75, 3.05) is 6.61 Å². The molecule has 23 heavy (non-hydrogen) atoms. The number of halogens is 2. The first kappa shape index (κ1) is 15.0. The fraction of sp³-hybridized carbons (Fsp3) is 0.0625. The Morgan fingerprint density at radius 2 is 1.43 bits per heavy atom. The van der Waals surface area contributed by atoms with Crippen LogP contribution >= 0.6 is 0 Å². The van der Waals surface area contributed by atoms with Crippen LogP contribution in [0, 0.1) is 11.6 Å². The first-order valence-corrected chi connectivity index (χ1v) is 6.78. The second kappa shape index (κ2) is 6.45. The maximum atomic E-state index is 13.2. The third kappa shape index (κ3) is 3.14. The summed E-state index contributed by atoms with van der Waals surface area (Å²) in [6.45, 7) is -0.352. The van der Waals surface area contributed by atoms with Crippen molar-refractivity contribution in [3.05, 3.63) is 77.6 Å². The van der Waals surface area contributed by atoms with Crippen LogP contribution < -0.4 is 0 Å². The zero-order valence-electron chi connectivity index (χ0n) is 11.9. The molecule has 0 aliphatic heterocycles. The Morgan fingerprint density at radius 3 is 1.83 bits per heavy atom. The molecule has 0 atom stereocenters. The molecule has 0 spiro atoms. The van der Waals surface area contributed by atoms with Crippen LogP contribution in [0.5, 0.6) is 0 Å². The second-order valence-electron chi connectivity index (χ2n) is 4.75. The Morgan fingerprint density at radius 1 is 0.913 bits per heavy atom. The predicted molar refractivity (Wildman–Crippen MR) is 79.9 cm³/mol. The van der Waals surface area contributed by atoms with Crippen LogP contribution in [0.2, 0.25) is 0 Å².